The van der Waals surface area contributed by atoms with Crippen LogP contribution in [0.25, 0.3) is 11.5 Å². The summed E-state index contributed by atoms with van der Waals surface area (Å²) in [6.07, 6.45) is 1.56. The molecule has 0 atom stereocenters. The number of rotatable bonds is 5. The number of hydrogen-bond acceptors (Lipinski definition) is 4. The number of aromatic nitrogens is 3. The molecule has 0 radical (unpaired) electrons. The maximum Gasteiger partial charge on any atom is 0.272 e. The molecular weight excluding hydrogens is 304 g/mol. The molecule has 0 fully saturated rings. The minimum Gasteiger partial charge on any atom is -0.444 e. The predicted octanol–water partition coefficient (Wildman–Crippen LogP) is 3.13. The second kappa shape index (κ2) is 6.70. The largest absolute Gasteiger partial charge is 0.444 e. The number of oxazole rings is 1. The number of aryl methyl sites for hydroxylation is 1. The lowest BCUT2D eigenvalue weighted by molar-refractivity contribution is 0.0944. The van der Waals surface area contributed by atoms with Crippen LogP contribution in [0.3, 0.4) is 0 Å². The second-order valence-corrected chi connectivity index (χ2v) is 5.93. The summed E-state index contributed by atoms with van der Waals surface area (Å²) < 4.78 is 7.20. The molecule has 6 heteroatoms. The van der Waals surface area contributed by atoms with Gasteiger partial charge in [0.1, 0.15) is 12.0 Å². The smallest absolute Gasteiger partial charge is 0.272 e. The van der Waals surface area contributed by atoms with Crippen LogP contribution in [-0.2, 0) is 13.6 Å². The van der Waals surface area contributed by atoms with Crippen LogP contribution in [0.4, 0.5) is 0 Å². The predicted molar refractivity (Wildman–Crippen MR) is 90.4 cm³/mol. The molecule has 0 unspecified atom stereocenters. The van der Waals surface area contributed by atoms with Gasteiger partial charge in [-0.05, 0) is 24.1 Å². The molecular formula is C18H20N4O2. The van der Waals surface area contributed by atoms with Gasteiger partial charge < -0.3 is 9.73 Å². The van der Waals surface area contributed by atoms with E-state index in [-0.39, 0.29) is 5.91 Å². The Balaban J connectivity index is 1.65. The molecule has 0 spiro atoms. The second-order valence-electron chi connectivity index (χ2n) is 5.93. The van der Waals surface area contributed by atoms with Crippen molar-refractivity contribution in [2.45, 2.75) is 26.3 Å². The zero-order chi connectivity index (χ0) is 17.1. The molecule has 0 aliphatic carbocycles. The van der Waals surface area contributed by atoms with E-state index in [1.165, 1.54) is 0 Å². The van der Waals surface area contributed by atoms with Gasteiger partial charge in [-0.1, -0.05) is 32.0 Å². The number of benzene rings is 1. The number of carbonyl (C=O) groups is 1. The summed E-state index contributed by atoms with van der Waals surface area (Å²) in [4.78, 5) is 16.6. The normalized spacial score (nSPS) is 11.0. The van der Waals surface area contributed by atoms with Gasteiger partial charge in [0.05, 0.1) is 12.2 Å². The summed E-state index contributed by atoms with van der Waals surface area (Å²) in [7, 11) is 1.84. The van der Waals surface area contributed by atoms with Crippen LogP contribution in [0.15, 0.2) is 47.1 Å². The van der Waals surface area contributed by atoms with Crippen molar-refractivity contribution in [3.05, 3.63) is 59.7 Å². The molecule has 2 aromatic heterocycles. The van der Waals surface area contributed by atoms with Crippen LogP contribution in [0.2, 0.25) is 0 Å². The molecule has 0 saturated heterocycles. The maximum atomic E-state index is 12.2. The number of amides is 1. The minimum atomic E-state index is -0.221. The maximum absolute atomic E-state index is 12.2. The van der Waals surface area contributed by atoms with E-state index in [1.807, 2.05) is 43.4 Å². The van der Waals surface area contributed by atoms with Crippen LogP contribution >= 0.6 is 0 Å². The van der Waals surface area contributed by atoms with Crippen LogP contribution in [0.5, 0.6) is 0 Å². The Labute approximate surface area is 140 Å². The van der Waals surface area contributed by atoms with E-state index < -0.39 is 0 Å². The van der Waals surface area contributed by atoms with Crippen LogP contribution in [-0.4, -0.2) is 20.7 Å². The highest BCUT2D eigenvalue weighted by atomic mass is 16.3. The Morgan fingerprint density at radius 2 is 2.04 bits per heavy atom. The van der Waals surface area contributed by atoms with Crippen molar-refractivity contribution in [1.29, 1.82) is 0 Å². The molecule has 6 nitrogen and oxygen atoms in total. The van der Waals surface area contributed by atoms with Crippen molar-refractivity contribution >= 4 is 5.91 Å². The summed E-state index contributed by atoms with van der Waals surface area (Å²) in [5.74, 6) is 0.634. The highest BCUT2D eigenvalue weighted by molar-refractivity contribution is 5.92. The number of nitrogens with one attached hydrogen (secondary N) is 1. The highest BCUT2D eigenvalue weighted by Crippen LogP contribution is 2.18. The van der Waals surface area contributed by atoms with E-state index in [1.54, 1.807) is 10.9 Å². The molecule has 0 aliphatic rings. The van der Waals surface area contributed by atoms with Crippen molar-refractivity contribution in [2.24, 2.45) is 7.05 Å². The van der Waals surface area contributed by atoms with Gasteiger partial charge >= 0.3 is 0 Å². The molecule has 0 bridgehead atoms. The third-order valence-corrected chi connectivity index (χ3v) is 3.74. The van der Waals surface area contributed by atoms with Crippen molar-refractivity contribution in [2.75, 3.05) is 0 Å². The van der Waals surface area contributed by atoms with E-state index in [4.69, 9.17) is 4.42 Å². The van der Waals surface area contributed by atoms with Gasteiger partial charge in [0.15, 0.2) is 0 Å². The molecule has 0 saturated carbocycles. The topological polar surface area (TPSA) is 73.0 Å². The first kappa shape index (κ1) is 16.0. The van der Waals surface area contributed by atoms with Gasteiger partial charge in [-0.15, -0.1) is 0 Å². The quantitative estimate of drug-likeness (QED) is 0.782. The van der Waals surface area contributed by atoms with E-state index in [9.17, 15) is 4.79 Å². The molecule has 2 heterocycles. The Kier molecular flexibility index (Phi) is 4.46. The zero-order valence-electron chi connectivity index (χ0n) is 14.0. The van der Waals surface area contributed by atoms with Crippen molar-refractivity contribution in [1.82, 2.24) is 20.1 Å². The van der Waals surface area contributed by atoms with E-state index in [0.717, 1.165) is 11.3 Å². The fourth-order valence-corrected chi connectivity index (χ4v) is 2.50. The standard InChI is InChI=1S/C18H20N4O2/c1-12(2)16-9-15(21-22(16)3)17(23)19-10-14-11-24-18(20-14)13-7-5-4-6-8-13/h4-9,11-12H,10H2,1-3H3,(H,19,23). The Bertz CT molecular complexity index is 834. The molecule has 0 aliphatic heterocycles. The monoisotopic (exact) mass is 324 g/mol. The van der Waals surface area contributed by atoms with Gasteiger partial charge in [0.25, 0.3) is 5.91 Å². The summed E-state index contributed by atoms with van der Waals surface area (Å²) in [5.41, 5.74) is 3.00. The van der Waals surface area contributed by atoms with Crippen molar-refractivity contribution in [3.8, 4) is 11.5 Å². The fraction of sp³-hybridized carbons (Fsp3) is 0.278. The molecule has 3 rings (SSSR count). The van der Waals surface area contributed by atoms with Gasteiger partial charge in [-0.2, -0.15) is 5.10 Å². The van der Waals surface area contributed by atoms with Gasteiger partial charge in [-0.3, -0.25) is 9.48 Å². The lowest BCUT2D eigenvalue weighted by Gasteiger charge is -2.02. The lowest BCUT2D eigenvalue weighted by atomic mass is 10.1. The molecule has 1 amide bonds. The summed E-state index contributed by atoms with van der Waals surface area (Å²) in [5, 5.41) is 7.08. The fourth-order valence-electron chi connectivity index (χ4n) is 2.50. The zero-order valence-corrected chi connectivity index (χ0v) is 14.0. The lowest BCUT2D eigenvalue weighted by Crippen LogP contribution is -2.23. The summed E-state index contributed by atoms with van der Waals surface area (Å²) in [6.45, 7) is 4.43. The number of carbonyl (C=O) groups excluding carboxylic acids is 1. The first-order valence-corrected chi connectivity index (χ1v) is 7.86. The van der Waals surface area contributed by atoms with Crippen LogP contribution < -0.4 is 5.32 Å². The SMILES string of the molecule is CC(C)c1cc(C(=O)NCc2coc(-c3ccccc3)n2)nn1C. The molecule has 3 aromatic rings. The highest BCUT2D eigenvalue weighted by Gasteiger charge is 2.15. The number of nitrogens with zero attached hydrogens (tertiary/aromatic N) is 3. The minimum absolute atomic E-state index is 0.221. The van der Waals surface area contributed by atoms with Gasteiger partial charge in [-0.25, -0.2) is 4.98 Å². The Morgan fingerprint density at radius 1 is 1.29 bits per heavy atom. The Hall–Kier alpha value is -2.89. The third-order valence-electron chi connectivity index (χ3n) is 3.74. The summed E-state index contributed by atoms with van der Waals surface area (Å²) >= 11 is 0. The molecule has 1 N–H and O–H groups in total. The van der Waals surface area contributed by atoms with E-state index in [0.29, 0.717) is 29.7 Å². The van der Waals surface area contributed by atoms with Gasteiger partial charge in [0.2, 0.25) is 5.89 Å². The Morgan fingerprint density at radius 3 is 2.71 bits per heavy atom. The average molecular weight is 324 g/mol. The van der Waals surface area contributed by atoms with Gasteiger partial charge in [0, 0.05) is 18.3 Å². The molecule has 1 aromatic carbocycles. The number of hydrogen-bond donors (Lipinski definition) is 1. The van der Waals surface area contributed by atoms with E-state index >= 15 is 0 Å². The van der Waals surface area contributed by atoms with Crippen molar-refractivity contribution in [3.63, 3.8) is 0 Å². The average Bonchev–Trinajstić information content (AvgIpc) is 3.20. The third kappa shape index (κ3) is 3.37. The van der Waals surface area contributed by atoms with Crippen LogP contribution in [0, 0.1) is 0 Å². The first-order chi connectivity index (χ1) is 11.5. The molecule has 24 heavy (non-hydrogen) atoms. The van der Waals surface area contributed by atoms with E-state index in [2.05, 4.69) is 29.2 Å². The summed E-state index contributed by atoms with van der Waals surface area (Å²) in [6, 6.07) is 11.5. The van der Waals surface area contributed by atoms with Crippen molar-refractivity contribution < 1.29 is 9.21 Å². The van der Waals surface area contributed by atoms with Crippen LogP contribution in [0.1, 0.15) is 41.6 Å². The first-order valence-electron chi connectivity index (χ1n) is 7.86. The molecule has 124 valence electrons.